The van der Waals surface area contributed by atoms with Crippen molar-refractivity contribution in [1.82, 2.24) is 4.98 Å². The van der Waals surface area contributed by atoms with Crippen LogP contribution < -0.4 is 10.6 Å². The van der Waals surface area contributed by atoms with E-state index in [9.17, 15) is 0 Å². The Labute approximate surface area is 95.2 Å². The summed E-state index contributed by atoms with van der Waals surface area (Å²) in [6.45, 7) is 4.17. The standard InChI is InChI=1S/C11H16ClN3/c1-8-4-5-15(7-10(8)13)9-2-3-11(12)14-6-9/h2-3,6,8,10H,4-5,7,13H2,1H3. The number of hydrogen-bond donors (Lipinski definition) is 1. The number of anilines is 1. The highest BCUT2D eigenvalue weighted by atomic mass is 35.5. The van der Waals surface area contributed by atoms with Crippen molar-refractivity contribution in [2.45, 2.75) is 19.4 Å². The molecule has 0 saturated carbocycles. The van der Waals surface area contributed by atoms with Crippen LogP contribution in [0, 0.1) is 5.92 Å². The predicted molar refractivity (Wildman–Crippen MR) is 63.2 cm³/mol. The smallest absolute Gasteiger partial charge is 0.129 e. The minimum absolute atomic E-state index is 0.259. The number of pyridine rings is 1. The van der Waals surface area contributed by atoms with Gasteiger partial charge in [-0.25, -0.2) is 4.98 Å². The average molecular weight is 226 g/mol. The number of piperidine rings is 1. The Morgan fingerprint density at radius 3 is 2.93 bits per heavy atom. The largest absolute Gasteiger partial charge is 0.369 e. The molecular weight excluding hydrogens is 210 g/mol. The van der Waals surface area contributed by atoms with Crippen LogP contribution in [0.5, 0.6) is 0 Å². The third-order valence-corrected chi connectivity index (χ3v) is 3.32. The molecular formula is C11H16ClN3. The summed E-state index contributed by atoms with van der Waals surface area (Å²) in [5.41, 5.74) is 7.16. The monoisotopic (exact) mass is 225 g/mol. The van der Waals surface area contributed by atoms with E-state index >= 15 is 0 Å². The van der Waals surface area contributed by atoms with Crippen LogP contribution >= 0.6 is 11.6 Å². The van der Waals surface area contributed by atoms with Crippen LogP contribution in [0.25, 0.3) is 0 Å². The summed E-state index contributed by atoms with van der Waals surface area (Å²) in [6.07, 6.45) is 2.95. The second-order valence-electron chi connectivity index (χ2n) is 4.21. The van der Waals surface area contributed by atoms with E-state index in [2.05, 4.69) is 16.8 Å². The number of rotatable bonds is 1. The molecule has 1 aliphatic rings. The Balaban J connectivity index is 2.08. The molecule has 2 unspecified atom stereocenters. The Bertz CT molecular complexity index is 325. The van der Waals surface area contributed by atoms with Gasteiger partial charge in [0.1, 0.15) is 5.15 Å². The van der Waals surface area contributed by atoms with Gasteiger partial charge in [0.15, 0.2) is 0 Å². The van der Waals surface area contributed by atoms with Crippen LogP contribution in [-0.2, 0) is 0 Å². The molecule has 0 radical (unpaired) electrons. The molecule has 1 saturated heterocycles. The first-order valence-corrected chi connectivity index (χ1v) is 5.66. The zero-order chi connectivity index (χ0) is 10.8. The van der Waals surface area contributed by atoms with E-state index in [0.29, 0.717) is 11.1 Å². The Morgan fingerprint density at radius 2 is 2.33 bits per heavy atom. The number of aromatic nitrogens is 1. The van der Waals surface area contributed by atoms with Gasteiger partial charge in [0.2, 0.25) is 0 Å². The second-order valence-corrected chi connectivity index (χ2v) is 4.60. The van der Waals surface area contributed by atoms with Gasteiger partial charge in [0, 0.05) is 19.1 Å². The zero-order valence-electron chi connectivity index (χ0n) is 8.86. The normalized spacial score (nSPS) is 26.7. The molecule has 1 aliphatic heterocycles. The molecule has 0 aromatic carbocycles. The third-order valence-electron chi connectivity index (χ3n) is 3.09. The SMILES string of the molecule is CC1CCN(c2ccc(Cl)nc2)CC1N. The minimum atomic E-state index is 0.259. The van der Waals surface area contributed by atoms with Gasteiger partial charge in [-0.1, -0.05) is 18.5 Å². The fourth-order valence-corrected chi connectivity index (χ4v) is 2.00. The van der Waals surface area contributed by atoms with Gasteiger partial charge in [-0.15, -0.1) is 0 Å². The lowest BCUT2D eigenvalue weighted by Crippen LogP contribution is -2.47. The molecule has 2 N–H and O–H groups in total. The number of halogens is 1. The van der Waals surface area contributed by atoms with E-state index in [-0.39, 0.29) is 6.04 Å². The topological polar surface area (TPSA) is 42.2 Å². The lowest BCUT2D eigenvalue weighted by Gasteiger charge is -2.36. The highest BCUT2D eigenvalue weighted by Gasteiger charge is 2.23. The molecule has 0 amide bonds. The van der Waals surface area contributed by atoms with E-state index in [1.54, 1.807) is 0 Å². The molecule has 82 valence electrons. The maximum Gasteiger partial charge on any atom is 0.129 e. The molecule has 3 nitrogen and oxygen atoms in total. The van der Waals surface area contributed by atoms with Crippen LogP contribution in [0.3, 0.4) is 0 Å². The van der Waals surface area contributed by atoms with Gasteiger partial charge in [0.25, 0.3) is 0 Å². The first kappa shape index (κ1) is 10.7. The molecule has 15 heavy (non-hydrogen) atoms. The molecule has 0 aliphatic carbocycles. The highest BCUT2D eigenvalue weighted by Crippen LogP contribution is 2.22. The van der Waals surface area contributed by atoms with Crippen molar-refractivity contribution >= 4 is 17.3 Å². The van der Waals surface area contributed by atoms with Crippen molar-refractivity contribution in [3.63, 3.8) is 0 Å². The van der Waals surface area contributed by atoms with Crippen molar-refractivity contribution in [2.75, 3.05) is 18.0 Å². The van der Waals surface area contributed by atoms with Crippen molar-refractivity contribution in [1.29, 1.82) is 0 Å². The number of nitrogens with two attached hydrogens (primary N) is 1. The summed E-state index contributed by atoms with van der Waals surface area (Å²) in [4.78, 5) is 6.35. The second kappa shape index (κ2) is 4.37. The molecule has 1 fully saturated rings. The molecule has 4 heteroatoms. The summed E-state index contributed by atoms with van der Waals surface area (Å²) in [6, 6.07) is 4.08. The van der Waals surface area contributed by atoms with Gasteiger partial charge in [-0.2, -0.15) is 0 Å². The summed E-state index contributed by atoms with van der Waals surface area (Å²) in [7, 11) is 0. The average Bonchev–Trinajstić information content (AvgIpc) is 2.23. The fraction of sp³-hybridized carbons (Fsp3) is 0.545. The molecule has 0 spiro atoms. The fourth-order valence-electron chi connectivity index (χ4n) is 1.89. The van der Waals surface area contributed by atoms with E-state index in [1.165, 1.54) is 0 Å². The quantitative estimate of drug-likeness (QED) is 0.743. The lowest BCUT2D eigenvalue weighted by molar-refractivity contribution is 0.379. The number of hydrogen-bond acceptors (Lipinski definition) is 3. The van der Waals surface area contributed by atoms with E-state index in [1.807, 2.05) is 18.3 Å². The third kappa shape index (κ3) is 2.41. The Kier molecular flexibility index (Phi) is 3.12. The van der Waals surface area contributed by atoms with Crippen LogP contribution in [0.15, 0.2) is 18.3 Å². The Hall–Kier alpha value is -0.800. The van der Waals surface area contributed by atoms with E-state index in [0.717, 1.165) is 25.2 Å². The van der Waals surface area contributed by atoms with Crippen molar-refractivity contribution < 1.29 is 0 Å². The molecule has 1 aromatic rings. The van der Waals surface area contributed by atoms with Crippen molar-refractivity contribution in [3.05, 3.63) is 23.5 Å². The van der Waals surface area contributed by atoms with Gasteiger partial charge < -0.3 is 10.6 Å². The first-order valence-electron chi connectivity index (χ1n) is 5.29. The summed E-state index contributed by atoms with van der Waals surface area (Å²) >= 11 is 5.75. The maximum absolute atomic E-state index is 6.05. The van der Waals surface area contributed by atoms with Crippen molar-refractivity contribution in [2.24, 2.45) is 11.7 Å². The summed E-state index contributed by atoms with van der Waals surface area (Å²) in [5.74, 6) is 0.613. The molecule has 2 rings (SSSR count). The summed E-state index contributed by atoms with van der Waals surface area (Å²) < 4.78 is 0. The highest BCUT2D eigenvalue weighted by molar-refractivity contribution is 6.29. The number of nitrogens with zero attached hydrogens (tertiary/aromatic N) is 2. The lowest BCUT2D eigenvalue weighted by atomic mass is 9.94. The predicted octanol–water partition coefficient (Wildman–Crippen LogP) is 1.91. The van der Waals surface area contributed by atoms with Crippen LogP contribution in [-0.4, -0.2) is 24.1 Å². The van der Waals surface area contributed by atoms with E-state index in [4.69, 9.17) is 17.3 Å². The zero-order valence-corrected chi connectivity index (χ0v) is 9.61. The van der Waals surface area contributed by atoms with Gasteiger partial charge in [0.05, 0.1) is 11.9 Å². The molecule has 1 aromatic heterocycles. The van der Waals surface area contributed by atoms with Crippen LogP contribution in [0.2, 0.25) is 5.15 Å². The van der Waals surface area contributed by atoms with Crippen LogP contribution in [0.4, 0.5) is 5.69 Å². The maximum atomic E-state index is 6.05. The van der Waals surface area contributed by atoms with E-state index < -0.39 is 0 Å². The minimum Gasteiger partial charge on any atom is -0.369 e. The molecule has 0 bridgehead atoms. The molecule has 2 heterocycles. The van der Waals surface area contributed by atoms with Crippen molar-refractivity contribution in [3.8, 4) is 0 Å². The first-order chi connectivity index (χ1) is 7.16. The van der Waals surface area contributed by atoms with Gasteiger partial charge in [-0.05, 0) is 24.5 Å². The van der Waals surface area contributed by atoms with Gasteiger partial charge >= 0.3 is 0 Å². The van der Waals surface area contributed by atoms with Gasteiger partial charge in [-0.3, -0.25) is 0 Å². The molecule has 2 atom stereocenters. The van der Waals surface area contributed by atoms with Crippen LogP contribution in [0.1, 0.15) is 13.3 Å². The summed E-state index contributed by atoms with van der Waals surface area (Å²) in [5, 5.41) is 0.536. The Morgan fingerprint density at radius 1 is 1.53 bits per heavy atom.